The van der Waals surface area contributed by atoms with Crippen molar-refractivity contribution in [1.29, 1.82) is 0 Å². The van der Waals surface area contributed by atoms with Crippen LogP contribution in [0.2, 0.25) is 0 Å². The topological polar surface area (TPSA) is 32.3 Å². The third kappa shape index (κ3) is 4.56. The van der Waals surface area contributed by atoms with Crippen LogP contribution in [0, 0.1) is 0 Å². The standard InChI is InChI=1S/C23H25NO/c1-2-22(23(25)21-11-7-4-8-12-21)24-17-18-13-15-20(16-14-18)19-9-5-3-6-10-19/h3-16,22-25H,2,17H2,1H3/t22-,23+/m1/s1. The van der Waals surface area contributed by atoms with Gasteiger partial charge < -0.3 is 10.4 Å². The fraction of sp³-hybridized carbons (Fsp3) is 0.217. The average molecular weight is 331 g/mol. The van der Waals surface area contributed by atoms with Crippen molar-refractivity contribution in [2.24, 2.45) is 0 Å². The number of rotatable bonds is 7. The first-order valence-electron chi connectivity index (χ1n) is 8.88. The van der Waals surface area contributed by atoms with Crippen molar-refractivity contribution in [2.75, 3.05) is 0 Å². The molecule has 0 amide bonds. The number of hydrogen-bond donors (Lipinski definition) is 2. The zero-order valence-electron chi connectivity index (χ0n) is 14.6. The van der Waals surface area contributed by atoms with Gasteiger partial charge in [0.1, 0.15) is 0 Å². The summed E-state index contributed by atoms with van der Waals surface area (Å²) in [5.74, 6) is 0. The SMILES string of the molecule is CC[C@@H](NCc1ccc(-c2ccccc2)cc1)[C@@H](O)c1ccccc1. The molecular weight excluding hydrogens is 306 g/mol. The first-order chi connectivity index (χ1) is 12.3. The molecule has 0 aromatic heterocycles. The van der Waals surface area contributed by atoms with E-state index in [-0.39, 0.29) is 6.04 Å². The maximum Gasteiger partial charge on any atom is 0.0942 e. The van der Waals surface area contributed by atoms with Gasteiger partial charge in [-0.15, -0.1) is 0 Å². The summed E-state index contributed by atoms with van der Waals surface area (Å²) in [5, 5.41) is 14.1. The van der Waals surface area contributed by atoms with E-state index in [1.807, 2.05) is 36.4 Å². The van der Waals surface area contributed by atoms with Crippen LogP contribution < -0.4 is 5.32 Å². The molecule has 0 saturated heterocycles. The predicted octanol–water partition coefficient (Wildman–Crippen LogP) is 4.96. The van der Waals surface area contributed by atoms with Crippen molar-refractivity contribution < 1.29 is 5.11 Å². The molecule has 0 fully saturated rings. The maximum atomic E-state index is 10.6. The van der Waals surface area contributed by atoms with Gasteiger partial charge in [-0.2, -0.15) is 0 Å². The van der Waals surface area contributed by atoms with Gasteiger partial charge in [0.15, 0.2) is 0 Å². The Labute approximate surface area is 150 Å². The summed E-state index contributed by atoms with van der Waals surface area (Å²) in [6.45, 7) is 2.85. The molecular formula is C23H25NO. The minimum atomic E-state index is -0.491. The van der Waals surface area contributed by atoms with E-state index in [1.54, 1.807) is 0 Å². The number of aliphatic hydroxyl groups excluding tert-OH is 1. The third-order valence-electron chi connectivity index (χ3n) is 4.59. The number of aliphatic hydroxyl groups is 1. The van der Waals surface area contributed by atoms with E-state index in [9.17, 15) is 5.11 Å². The zero-order chi connectivity index (χ0) is 17.5. The molecule has 0 aliphatic heterocycles. The Bertz CT molecular complexity index is 753. The van der Waals surface area contributed by atoms with Crippen LogP contribution >= 0.6 is 0 Å². The largest absolute Gasteiger partial charge is 0.387 e. The summed E-state index contributed by atoms with van der Waals surface area (Å²) in [6, 6.07) is 28.9. The molecule has 2 atom stereocenters. The van der Waals surface area contributed by atoms with Gasteiger partial charge >= 0.3 is 0 Å². The summed E-state index contributed by atoms with van der Waals surface area (Å²) >= 11 is 0. The van der Waals surface area contributed by atoms with Crippen molar-refractivity contribution in [3.63, 3.8) is 0 Å². The van der Waals surface area contributed by atoms with Crippen LogP contribution in [0.25, 0.3) is 11.1 Å². The Morgan fingerprint density at radius 2 is 1.32 bits per heavy atom. The molecule has 0 spiro atoms. The van der Waals surface area contributed by atoms with Gasteiger partial charge in [-0.05, 0) is 28.7 Å². The lowest BCUT2D eigenvalue weighted by atomic mass is 9.99. The second-order valence-electron chi connectivity index (χ2n) is 6.31. The van der Waals surface area contributed by atoms with Crippen LogP contribution in [0.5, 0.6) is 0 Å². The van der Waals surface area contributed by atoms with E-state index >= 15 is 0 Å². The van der Waals surface area contributed by atoms with E-state index in [4.69, 9.17) is 0 Å². The van der Waals surface area contributed by atoms with Crippen LogP contribution in [0.1, 0.15) is 30.6 Å². The quantitative estimate of drug-likeness (QED) is 0.641. The van der Waals surface area contributed by atoms with Crippen molar-refractivity contribution in [1.82, 2.24) is 5.32 Å². The van der Waals surface area contributed by atoms with Crippen molar-refractivity contribution in [2.45, 2.75) is 32.0 Å². The van der Waals surface area contributed by atoms with Gasteiger partial charge in [0.2, 0.25) is 0 Å². The van der Waals surface area contributed by atoms with Crippen LogP contribution in [-0.2, 0) is 6.54 Å². The zero-order valence-corrected chi connectivity index (χ0v) is 14.6. The molecule has 0 unspecified atom stereocenters. The molecule has 25 heavy (non-hydrogen) atoms. The summed E-state index contributed by atoms with van der Waals surface area (Å²) < 4.78 is 0. The third-order valence-corrected chi connectivity index (χ3v) is 4.59. The highest BCUT2D eigenvalue weighted by molar-refractivity contribution is 5.63. The molecule has 2 N–H and O–H groups in total. The van der Waals surface area contributed by atoms with Gasteiger partial charge in [-0.25, -0.2) is 0 Å². The highest BCUT2D eigenvalue weighted by Gasteiger charge is 2.18. The Balaban J connectivity index is 1.62. The molecule has 0 aliphatic carbocycles. The fourth-order valence-corrected chi connectivity index (χ4v) is 3.06. The van der Waals surface area contributed by atoms with E-state index in [0.29, 0.717) is 0 Å². The molecule has 2 heteroatoms. The number of hydrogen-bond acceptors (Lipinski definition) is 2. The highest BCUT2D eigenvalue weighted by Crippen LogP contribution is 2.21. The molecule has 3 aromatic rings. The van der Waals surface area contributed by atoms with Crippen LogP contribution in [0.3, 0.4) is 0 Å². The Hall–Kier alpha value is -2.42. The van der Waals surface area contributed by atoms with E-state index in [0.717, 1.165) is 18.5 Å². The lowest BCUT2D eigenvalue weighted by Crippen LogP contribution is -2.34. The predicted molar refractivity (Wildman–Crippen MR) is 104 cm³/mol. The molecule has 0 heterocycles. The van der Waals surface area contributed by atoms with E-state index in [1.165, 1.54) is 16.7 Å². The molecule has 2 nitrogen and oxygen atoms in total. The maximum absolute atomic E-state index is 10.6. The van der Waals surface area contributed by atoms with Crippen LogP contribution in [0.15, 0.2) is 84.9 Å². The smallest absolute Gasteiger partial charge is 0.0942 e. The van der Waals surface area contributed by atoms with Crippen LogP contribution in [0.4, 0.5) is 0 Å². The van der Waals surface area contributed by atoms with Crippen molar-refractivity contribution in [3.8, 4) is 11.1 Å². The van der Waals surface area contributed by atoms with Crippen molar-refractivity contribution in [3.05, 3.63) is 96.1 Å². The first-order valence-corrected chi connectivity index (χ1v) is 8.88. The second-order valence-corrected chi connectivity index (χ2v) is 6.31. The molecule has 128 valence electrons. The Morgan fingerprint density at radius 3 is 1.92 bits per heavy atom. The van der Waals surface area contributed by atoms with E-state index in [2.05, 4.69) is 60.8 Å². The summed E-state index contributed by atoms with van der Waals surface area (Å²) in [4.78, 5) is 0. The molecule has 0 aliphatic rings. The summed E-state index contributed by atoms with van der Waals surface area (Å²) in [7, 11) is 0. The van der Waals surface area contributed by atoms with E-state index < -0.39 is 6.10 Å². The molecule has 0 saturated carbocycles. The van der Waals surface area contributed by atoms with Gasteiger partial charge in [0, 0.05) is 12.6 Å². The lowest BCUT2D eigenvalue weighted by molar-refractivity contribution is 0.125. The van der Waals surface area contributed by atoms with Gasteiger partial charge in [0.05, 0.1) is 6.10 Å². The molecule has 3 rings (SSSR count). The number of nitrogens with one attached hydrogen (secondary N) is 1. The fourth-order valence-electron chi connectivity index (χ4n) is 3.06. The Kier molecular flexibility index (Phi) is 5.99. The number of benzene rings is 3. The summed E-state index contributed by atoms with van der Waals surface area (Å²) in [5.41, 5.74) is 4.63. The molecule has 0 radical (unpaired) electrons. The van der Waals surface area contributed by atoms with Gasteiger partial charge in [-0.3, -0.25) is 0 Å². The Morgan fingerprint density at radius 1 is 0.760 bits per heavy atom. The molecule has 0 bridgehead atoms. The van der Waals surface area contributed by atoms with Gasteiger partial charge in [-0.1, -0.05) is 91.9 Å². The summed E-state index contributed by atoms with van der Waals surface area (Å²) in [6.07, 6.45) is 0.382. The van der Waals surface area contributed by atoms with Gasteiger partial charge in [0.25, 0.3) is 0 Å². The minimum absolute atomic E-state index is 0.0381. The lowest BCUT2D eigenvalue weighted by Gasteiger charge is -2.23. The first kappa shape index (κ1) is 17.4. The second kappa shape index (κ2) is 8.61. The van der Waals surface area contributed by atoms with Crippen molar-refractivity contribution >= 4 is 0 Å². The van der Waals surface area contributed by atoms with Crippen LogP contribution in [-0.4, -0.2) is 11.1 Å². The average Bonchev–Trinajstić information content (AvgIpc) is 2.70. The normalized spacial score (nSPS) is 13.4. The monoisotopic (exact) mass is 331 g/mol. The highest BCUT2D eigenvalue weighted by atomic mass is 16.3. The molecule has 3 aromatic carbocycles. The minimum Gasteiger partial charge on any atom is -0.387 e.